The molecule has 1 heterocycles. The summed E-state index contributed by atoms with van der Waals surface area (Å²) in [5, 5.41) is 10.8. The average Bonchev–Trinajstić information content (AvgIpc) is 2.46. The number of ether oxygens (including phenoxy) is 1. The van der Waals surface area contributed by atoms with Gasteiger partial charge in [0.05, 0.1) is 10.6 Å². The summed E-state index contributed by atoms with van der Waals surface area (Å²) < 4.78 is 5.00. The molecule has 0 aliphatic rings. The molecule has 1 aromatic carbocycles. The second-order valence-electron chi connectivity index (χ2n) is 3.67. The van der Waals surface area contributed by atoms with Crippen LogP contribution in [0.1, 0.15) is 16.1 Å². The minimum Gasteiger partial charge on any atom is -0.455 e. The number of carbonyl (C=O) groups is 1. The van der Waals surface area contributed by atoms with Crippen molar-refractivity contribution in [1.29, 1.82) is 0 Å². The van der Waals surface area contributed by atoms with Crippen molar-refractivity contribution < 1.29 is 14.5 Å². The Bertz CT molecular complexity index is 599. The number of nitro groups is 1. The number of nitro benzene ring substituents is 1. The first-order valence-corrected chi connectivity index (χ1v) is 5.49. The fraction of sp³-hybridized carbons (Fsp3) is 0.0769. The van der Waals surface area contributed by atoms with Gasteiger partial charge < -0.3 is 4.74 Å². The van der Waals surface area contributed by atoms with Gasteiger partial charge in [-0.2, -0.15) is 0 Å². The van der Waals surface area contributed by atoms with E-state index in [0.717, 1.165) is 0 Å². The Labute approximate surface area is 108 Å². The van der Waals surface area contributed by atoms with E-state index in [1.165, 1.54) is 18.2 Å². The molecule has 0 aliphatic carbocycles. The molecule has 6 heteroatoms. The molecule has 0 aliphatic heterocycles. The Morgan fingerprint density at radius 3 is 2.63 bits per heavy atom. The topological polar surface area (TPSA) is 82.3 Å². The van der Waals surface area contributed by atoms with E-state index in [9.17, 15) is 14.9 Å². The van der Waals surface area contributed by atoms with Crippen LogP contribution in [0.2, 0.25) is 0 Å². The third kappa shape index (κ3) is 3.12. The van der Waals surface area contributed by atoms with Crippen LogP contribution in [0.4, 0.5) is 5.69 Å². The van der Waals surface area contributed by atoms with Crippen molar-refractivity contribution in [2.45, 2.75) is 6.61 Å². The Balaban J connectivity index is 2.10. The van der Waals surface area contributed by atoms with Gasteiger partial charge in [-0.25, -0.2) is 4.79 Å². The molecule has 0 bridgehead atoms. The zero-order valence-electron chi connectivity index (χ0n) is 9.85. The lowest BCUT2D eigenvalue weighted by Crippen LogP contribution is -2.08. The van der Waals surface area contributed by atoms with Gasteiger partial charge in [0.15, 0.2) is 0 Å². The van der Waals surface area contributed by atoms with Crippen LogP contribution in [-0.2, 0) is 11.3 Å². The van der Waals surface area contributed by atoms with Crippen molar-refractivity contribution in [2.24, 2.45) is 0 Å². The van der Waals surface area contributed by atoms with E-state index in [2.05, 4.69) is 4.98 Å². The maximum Gasteiger partial charge on any atom is 0.345 e. The maximum absolute atomic E-state index is 11.8. The summed E-state index contributed by atoms with van der Waals surface area (Å²) in [6.07, 6.45) is 1.58. The van der Waals surface area contributed by atoms with Gasteiger partial charge in [-0.05, 0) is 18.2 Å². The zero-order chi connectivity index (χ0) is 13.7. The molecule has 0 radical (unpaired) electrons. The number of hydrogen-bond acceptors (Lipinski definition) is 5. The smallest absolute Gasteiger partial charge is 0.345 e. The first-order valence-electron chi connectivity index (χ1n) is 5.49. The normalized spacial score (nSPS) is 9.89. The predicted molar refractivity (Wildman–Crippen MR) is 66.5 cm³/mol. The molecule has 0 N–H and O–H groups in total. The quantitative estimate of drug-likeness (QED) is 0.477. The first kappa shape index (κ1) is 12.7. The second kappa shape index (κ2) is 5.72. The lowest BCUT2D eigenvalue weighted by atomic mass is 10.2. The van der Waals surface area contributed by atoms with Gasteiger partial charge in [0.2, 0.25) is 0 Å². The zero-order valence-corrected chi connectivity index (χ0v) is 9.85. The van der Waals surface area contributed by atoms with E-state index in [1.54, 1.807) is 30.5 Å². The highest BCUT2D eigenvalue weighted by atomic mass is 16.6. The third-order valence-electron chi connectivity index (χ3n) is 2.40. The Hall–Kier alpha value is -2.76. The molecule has 0 amide bonds. The lowest BCUT2D eigenvalue weighted by Gasteiger charge is -2.04. The van der Waals surface area contributed by atoms with E-state index in [-0.39, 0.29) is 17.9 Å². The summed E-state index contributed by atoms with van der Waals surface area (Å²) in [6, 6.07) is 10.9. The number of pyridine rings is 1. The van der Waals surface area contributed by atoms with Crippen molar-refractivity contribution in [3.05, 3.63) is 70.0 Å². The van der Waals surface area contributed by atoms with Gasteiger partial charge in [0.25, 0.3) is 5.69 Å². The molecular formula is C13H10N2O4. The van der Waals surface area contributed by atoms with Crippen LogP contribution in [0.5, 0.6) is 0 Å². The van der Waals surface area contributed by atoms with Crippen molar-refractivity contribution >= 4 is 11.7 Å². The van der Waals surface area contributed by atoms with Crippen LogP contribution in [0.3, 0.4) is 0 Å². The summed E-state index contributed by atoms with van der Waals surface area (Å²) in [4.78, 5) is 26.0. The van der Waals surface area contributed by atoms with E-state index in [0.29, 0.717) is 5.69 Å². The van der Waals surface area contributed by atoms with Crippen molar-refractivity contribution in [3.63, 3.8) is 0 Å². The van der Waals surface area contributed by atoms with E-state index in [4.69, 9.17) is 4.74 Å². The highest BCUT2D eigenvalue weighted by Gasteiger charge is 2.20. The molecule has 0 fully saturated rings. The molecule has 0 unspecified atom stereocenters. The van der Waals surface area contributed by atoms with E-state index >= 15 is 0 Å². The van der Waals surface area contributed by atoms with Gasteiger partial charge in [-0.1, -0.05) is 18.2 Å². The van der Waals surface area contributed by atoms with Crippen molar-refractivity contribution in [3.8, 4) is 0 Å². The molecule has 0 atom stereocenters. The van der Waals surface area contributed by atoms with Gasteiger partial charge >= 0.3 is 5.97 Å². The van der Waals surface area contributed by atoms with Crippen LogP contribution >= 0.6 is 0 Å². The minimum atomic E-state index is -0.738. The number of para-hydroxylation sites is 1. The van der Waals surface area contributed by atoms with Gasteiger partial charge in [0, 0.05) is 12.3 Å². The molecule has 0 saturated heterocycles. The predicted octanol–water partition coefficient (Wildman–Crippen LogP) is 2.35. The fourth-order valence-electron chi connectivity index (χ4n) is 1.51. The molecule has 2 rings (SSSR count). The molecular weight excluding hydrogens is 248 g/mol. The van der Waals surface area contributed by atoms with Crippen molar-refractivity contribution in [1.82, 2.24) is 4.98 Å². The Morgan fingerprint density at radius 1 is 1.21 bits per heavy atom. The number of esters is 1. The molecule has 6 nitrogen and oxygen atoms in total. The van der Waals surface area contributed by atoms with Crippen LogP contribution in [0.15, 0.2) is 48.7 Å². The number of nitrogens with zero attached hydrogens (tertiary/aromatic N) is 2. The largest absolute Gasteiger partial charge is 0.455 e. The molecule has 2 aromatic rings. The number of hydrogen-bond donors (Lipinski definition) is 0. The SMILES string of the molecule is O=C(OCc1ccccn1)c1ccccc1[N+](=O)[O-]. The number of carbonyl (C=O) groups excluding carboxylic acids is 1. The summed E-state index contributed by atoms with van der Waals surface area (Å²) in [7, 11) is 0. The van der Waals surface area contributed by atoms with Crippen molar-refractivity contribution in [2.75, 3.05) is 0 Å². The molecule has 19 heavy (non-hydrogen) atoms. The monoisotopic (exact) mass is 258 g/mol. The first-order chi connectivity index (χ1) is 9.18. The summed E-state index contributed by atoms with van der Waals surface area (Å²) >= 11 is 0. The standard InChI is InChI=1S/C13H10N2O4/c16-13(19-9-10-5-3-4-8-14-10)11-6-1-2-7-12(11)15(17)18/h1-8H,9H2. The van der Waals surface area contributed by atoms with Gasteiger partial charge in [-0.15, -0.1) is 0 Å². The summed E-state index contributed by atoms with van der Waals surface area (Å²) in [5.41, 5.74) is 0.242. The average molecular weight is 258 g/mol. The molecule has 0 saturated carbocycles. The molecule has 0 spiro atoms. The van der Waals surface area contributed by atoms with Crippen LogP contribution in [-0.4, -0.2) is 15.9 Å². The van der Waals surface area contributed by atoms with Gasteiger partial charge in [0.1, 0.15) is 12.2 Å². The minimum absolute atomic E-state index is 0.0221. The molecule has 1 aromatic heterocycles. The Morgan fingerprint density at radius 2 is 1.95 bits per heavy atom. The second-order valence-corrected chi connectivity index (χ2v) is 3.67. The maximum atomic E-state index is 11.8. The molecule has 96 valence electrons. The van der Waals surface area contributed by atoms with Crippen LogP contribution < -0.4 is 0 Å². The van der Waals surface area contributed by atoms with Crippen LogP contribution in [0.25, 0.3) is 0 Å². The Kier molecular flexibility index (Phi) is 3.82. The van der Waals surface area contributed by atoms with E-state index < -0.39 is 10.9 Å². The lowest BCUT2D eigenvalue weighted by molar-refractivity contribution is -0.385. The number of rotatable bonds is 4. The van der Waals surface area contributed by atoms with Gasteiger partial charge in [-0.3, -0.25) is 15.1 Å². The number of aromatic nitrogens is 1. The summed E-state index contributed by atoms with van der Waals surface area (Å²) in [6.45, 7) is -0.0221. The highest BCUT2D eigenvalue weighted by Crippen LogP contribution is 2.18. The fourth-order valence-corrected chi connectivity index (χ4v) is 1.51. The summed E-state index contributed by atoms with van der Waals surface area (Å²) in [5.74, 6) is -0.738. The highest BCUT2D eigenvalue weighted by molar-refractivity contribution is 5.93. The number of benzene rings is 1. The van der Waals surface area contributed by atoms with E-state index in [1.807, 2.05) is 0 Å². The van der Waals surface area contributed by atoms with Crippen LogP contribution in [0, 0.1) is 10.1 Å². The third-order valence-corrected chi connectivity index (χ3v) is 2.40.